The number of carbonyl (C=O) groups excluding carboxylic acids is 2. The molecule has 0 radical (unpaired) electrons. The number of methoxy groups -OCH3 is 1. The SMILES string of the molecule is CCCCc1cc(NC(=O)Nc2ccc(Oc3ccnc(NC(=O)COC)c3)c3cn[nH]c23)n(-c2ccc(C)cc2)n1. The van der Waals surface area contributed by atoms with Gasteiger partial charge in [0.05, 0.1) is 34.2 Å². The third kappa shape index (κ3) is 6.73. The molecule has 3 aromatic heterocycles. The van der Waals surface area contributed by atoms with Crippen LogP contribution in [0.3, 0.4) is 0 Å². The fourth-order valence-corrected chi connectivity index (χ4v) is 4.34. The van der Waals surface area contributed by atoms with Gasteiger partial charge in [0.25, 0.3) is 5.91 Å². The van der Waals surface area contributed by atoms with Gasteiger partial charge in [-0.3, -0.25) is 15.2 Å². The first-order chi connectivity index (χ1) is 20.4. The summed E-state index contributed by atoms with van der Waals surface area (Å²) in [6, 6.07) is 16.2. The number of hydrogen-bond donors (Lipinski definition) is 4. The van der Waals surface area contributed by atoms with Gasteiger partial charge in [-0.05, 0) is 50.1 Å². The number of aryl methyl sites for hydroxylation is 2. The van der Waals surface area contributed by atoms with Crippen LogP contribution in [0, 0.1) is 6.92 Å². The van der Waals surface area contributed by atoms with Gasteiger partial charge < -0.3 is 20.1 Å². The molecule has 2 aromatic carbocycles. The lowest BCUT2D eigenvalue weighted by molar-refractivity contribution is -0.119. The van der Waals surface area contributed by atoms with Crippen LogP contribution in [0.4, 0.5) is 22.1 Å². The van der Waals surface area contributed by atoms with Gasteiger partial charge in [-0.25, -0.2) is 14.5 Å². The van der Waals surface area contributed by atoms with Crippen molar-refractivity contribution < 1.29 is 19.1 Å². The standard InChI is InChI=1S/C30H32N8O4/c1-4-5-6-20-15-27(38(37-20)21-9-7-19(2)8-10-21)35-30(40)33-24-11-12-25(23-17-32-36-29(23)24)42-22-13-14-31-26(16-22)34-28(39)18-41-3/h7-17H,4-6,18H2,1-3H3,(H,32,36)(H,31,34,39)(H2,33,35,40). The minimum Gasteiger partial charge on any atom is -0.456 e. The highest BCUT2D eigenvalue weighted by atomic mass is 16.5. The average molecular weight is 569 g/mol. The Morgan fingerprint density at radius 2 is 1.86 bits per heavy atom. The molecule has 0 unspecified atom stereocenters. The highest BCUT2D eigenvalue weighted by molar-refractivity contribution is 6.06. The predicted octanol–water partition coefficient (Wildman–Crippen LogP) is 5.82. The van der Waals surface area contributed by atoms with Crippen LogP contribution in [-0.2, 0) is 16.0 Å². The predicted molar refractivity (Wildman–Crippen MR) is 160 cm³/mol. The molecule has 0 aliphatic heterocycles. The highest BCUT2D eigenvalue weighted by Gasteiger charge is 2.16. The number of unbranched alkanes of at least 4 members (excludes halogenated alkanes) is 1. The largest absolute Gasteiger partial charge is 0.456 e. The van der Waals surface area contributed by atoms with Crippen molar-refractivity contribution in [3.05, 3.63) is 78.2 Å². The van der Waals surface area contributed by atoms with E-state index in [-0.39, 0.29) is 12.5 Å². The number of ether oxygens (including phenoxy) is 2. The molecule has 3 heterocycles. The molecule has 0 aliphatic rings. The fourth-order valence-electron chi connectivity index (χ4n) is 4.34. The second kappa shape index (κ2) is 13.0. The van der Waals surface area contributed by atoms with E-state index in [0.29, 0.717) is 39.7 Å². The smallest absolute Gasteiger partial charge is 0.324 e. The Kier molecular flexibility index (Phi) is 8.73. The Morgan fingerprint density at radius 3 is 2.64 bits per heavy atom. The molecule has 42 heavy (non-hydrogen) atoms. The average Bonchev–Trinajstić information content (AvgIpc) is 3.62. The zero-order valence-electron chi connectivity index (χ0n) is 23.6. The van der Waals surface area contributed by atoms with E-state index in [0.717, 1.165) is 36.2 Å². The minimum atomic E-state index is -0.430. The van der Waals surface area contributed by atoms with Crippen molar-refractivity contribution in [3.8, 4) is 17.2 Å². The number of nitrogens with zero attached hydrogens (tertiary/aromatic N) is 4. The first-order valence-corrected chi connectivity index (χ1v) is 13.6. The molecule has 0 saturated heterocycles. The van der Waals surface area contributed by atoms with Gasteiger partial charge in [0.1, 0.15) is 29.7 Å². The topological polar surface area (TPSA) is 148 Å². The van der Waals surface area contributed by atoms with Gasteiger partial charge in [0.2, 0.25) is 0 Å². The Labute approximate surface area is 242 Å². The molecule has 0 saturated carbocycles. The summed E-state index contributed by atoms with van der Waals surface area (Å²) in [6.07, 6.45) is 6.02. The van der Waals surface area contributed by atoms with Crippen LogP contribution >= 0.6 is 0 Å². The summed E-state index contributed by atoms with van der Waals surface area (Å²) >= 11 is 0. The summed E-state index contributed by atoms with van der Waals surface area (Å²) in [5.41, 5.74) is 4.00. The van der Waals surface area contributed by atoms with Crippen LogP contribution in [0.2, 0.25) is 0 Å². The first kappa shape index (κ1) is 28.3. The van der Waals surface area contributed by atoms with Crippen LogP contribution in [0.5, 0.6) is 11.5 Å². The number of anilines is 3. The number of amides is 3. The van der Waals surface area contributed by atoms with Gasteiger partial charge in [-0.15, -0.1) is 0 Å². The van der Waals surface area contributed by atoms with Crippen LogP contribution in [0.1, 0.15) is 31.0 Å². The lowest BCUT2D eigenvalue weighted by atomic mass is 10.2. The third-order valence-corrected chi connectivity index (χ3v) is 6.39. The van der Waals surface area contributed by atoms with Gasteiger partial charge in [-0.1, -0.05) is 31.0 Å². The molecule has 0 fully saturated rings. The lowest BCUT2D eigenvalue weighted by Gasteiger charge is -2.12. The van der Waals surface area contributed by atoms with E-state index in [1.165, 1.54) is 13.3 Å². The molecule has 0 spiro atoms. The lowest BCUT2D eigenvalue weighted by Crippen LogP contribution is -2.21. The van der Waals surface area contributed by atoms with Gasteiger partial charge in [-0.2, -0.15) is 10.2 Å². The Bertz CT molecular complexity index is 1690. The molecule has 0 bridgehead atoms. The summed E-state index contributed by atoms with van der Waals surface area (Å²) in [5.74, 6) is 1.53. The normalized spacial score (nSPS) is 10.9. The fraction of sp³-hybridized carbons (Fsp3) is 0.233. The molecule has 5 rings (SSSR count). The summed E-state index contributed by atoms with van der Waals surface area (Å²) in [7, 11) is 1.44. The van der Waals surface area contributed by atoms with E-state index in [2.05, 4.69) is 38.1 Å². The summed E-state index contributed by atoms with van der Waals surface area (Å²) in [4.78, 5) is 29.1. The van der Waals surface area contributed by atoms with E-state index in [1.807, 2.05) is 37.3 Å². The molecule has 216 valence electrons. The monoisotopic (exact) mass is 568 g/mol. The van der Waals surface area contributed by atoms with E-state index in [1.54, 1.807) is 35.1 Å². The van der Waals surface area contributed by atoms with E-state index >= 15 is 0 Å². The number of aromatic nitrogens is 5. The van der Waals surface area contributed by atoms with Crippen molar-refractivity contribution in [2.24, 2.45) is 0 Å². The van der Waals surface area contributed by atoms with E-state index < -0.39 is 6.03 Å². The molecule has 12 heteroatoms. The zero-order chi connectivity index (χ0) is 29.5. The van der Waals surface area contributed by atoms with Crippen molar-refractivity contribution in [3.63, 3.8) is 0 Å². The molecule has 3 amide bonds. The van der Waals surface area contributed by atoms with Crippen LogP contribution in [-0.4, -0.2) is 50.6 Å². The van der Waals surface area contributed by atoms with E-state index in [4.69, 9.17) is 14.6 Å². The second-order valence-electron chi connectivity index (χ2n) is 9.68. The number of benzene rings is 2. The van der Waals surface area contributed by atoms with Crippen LogP contribution in [0.25, 0.3) is 16.6 Å². The molecule has 4 N–H and O–H groups in total. The van der Waals surface area contributed by atoms with Crippen molar-refractivity contribution in [1.29, 1.82) is 0 Å². The van der Waals surface area contributed by atoms with Crippen molar-refractivity contribution in [2.75, 3.05) is 29.7 Å². The molecule has 0 atom stereocenters. The Morgan fingerprint density at radius 1 is 1.02 bits per heavy atom. The van der Waals surface area contributed by atoms with Gasteiger partial charge in [0, 0.05) is 25.4 Å². The number of aromatic amines is 1. The molecular weight excluding hydrogens is 536 g/mol. The van der Waals surface area contributed by atoms with Crippen LogP contribution in [0.15, 0.2) is 67.0 Å². The van der Waals surface area contributed by atoms with Crippen molar-refractivity contribution in [1.82, 2.24) is 25.0 Å². The number of fused-ring (bicyclic) bond motifs is 1. The molecule has 0 aliphatic carbocycles. The number of pyridine rings is 1. The quantitative estimate of drug-likeness (QED) is 0.157. The first-order valence-electron chi connectivity index (χ1n) is 13.6. The van der Waals surface area contributed by atoms with Gasteiger partial charge in [0.15, 0.2) is 0 Å². The van der Waals surface area contributed by atoms with E-state index in [9.17, 15) is 9.59 Å². The maximum absolute atomic E-state index is 13.2. The zero-order valence-corrected chi connectivity index (χ0v) is 23.6. The molecule has 5 aromatic rings. The Balaban J connectivity index is 1.33. The second-order valence-corrected chi connectivity index (χ2v) is 9.68. The summed E-state index contributed by atoms with van der Waals surface area (Å²) in [6.45, 7) is 4.07. The number of H-pyrrole nitrogens is 1. The third-order valence-electron chi connectivity index (χ3n) is 6.39. The number of urea groups is 1. The van der Waals surface area contributed by atoms with Crippen molar-refractivity contribution >= 4 is 40.2 Å². The maximum Gasteiger partial charge on any atom is 0.324 e. The Hall–Kier alpha value is -5.23. The summed E-state index contributed by atoms with van der Waals surface area (Å²) in [5, 5.41) is 21.0. The number of rotatable bonds is 11. The highest BCUT2D eigenvalue weighted by Crippen LogP contribution is 2.33. The number of hydrogen-bond acceptors (Lipinski definition) is 7. The van der Waals surface area contributed by atoms with Crippen LogP contribution < -0.4 is 20.7 Å². The number of carbonyl (C=O) groups is 2. The van der Waals surface area contributed by atoms with Crippen molar-refractivity contribution in [2.45, 2.75) is 33.1 Å². The number of nitrogens with one attached hydrogen (secondary N) is 4. The van der Waals surface area contributed by atoms with Gasteiger partial charge >= 0.3 is 6.03 Å². The maximum atomic E-state index is 13.2. The summed E-state index contributed by atoms with van der Waals surface area (Å²) < 4.78 is 12.7. The molecular formula is C30H32N8O4. The molecule has 12 nitrogen and oxygen atoms in total. The minimum absolute atomic E-state index is 0.0846.